The molecule has 3 fully saturated rings. The Balaban J connectivity index is 0.981. The molecule has 12 heteroatoms. The van der Waals surface area contributed by atoms with E-state index in [9.17, 15) is 24.3 Å². The van der Waals surface area contributed by atoms with Gasteiger partial charge in [-0.3, -0.25) is 14.4 Å². The molecule has 3 amide bonds. The van der Waals surface area contributed by atoms with Gasteiger partial charge in [-0.25, -0.2) is 4.79 Å². The number of ether oxygens (including phenoxy) is 2. The Kier molecular flexibility index (Phi) is 11.3. The van der Waals surface area contributed by atoms with Gasteiger partial charge in [0.25, 0.3) is 11.8 Å². The highest BCUT2D eigenvalue weighted by atomic mass is 32.1. The van der Waals surface area contributed by atoms with E-state index in [1.807, 2.05) is 62.4 Å². The number of esters is 1. The lowest BCUT2D eigenvalue weighted by molar-refractivity contribution is -0.172. The molecule has 2 atom stereocenters. The second kappa shape index (κ2) is 15.9. The van der Waals surface area contributed by atoms with Gasteiger partial charge in [-0.1, -0.05) is 43.5 Å². The van der Waals surface area contributed by atoms with Crippen molar-refractivity contribution >= 4 is 40.9 Å². The molecule has 51 heavy (non-hydrogen) atoms. The van der Waals surface area contributed by atoms with Crippen LogP contribution in [-0.2, 0) is 14.3 Å². The van der Waals surface area contributed by atoms with Crippen LogP contribution in [0, 0.1) is 12.8 Å². The highest BCUT2D eigenvalue weighted by Crippen LogP contribution is 2.33. The minimum atomic E-state index is -0.943. The Morgan fingerprint density at radius 1 is 0.941 bits per heavy atom. The Morgan fingerprint density at radius 2 is 1.71 bits per heavy atom. The number of rotatable bonds is 12. The molecular weight excluding hydrogens is 669 g/mol. The summed E-state index contributed by atoms with van der Waals surface area (Å²) < 4.78 is 10.7. The lowest BCUT2D eigenvalue weighted by Gasteiger charge is -2.39. The first-order chi connectivity index (χ1) is 24.5. The predicted octanol–water partition coefficient (Wildman–Crippen LogP) is 6.56. The lowest BCUT2D eigenvalue weighted by Crippen LogP contribution is -2.57. The molecule has 2 aromatic carbocycles. The van der Waals surface area contributed by atoms with Gasteiger partial charge in [-0.05, 0) is 93.0 Å². The number of hydrogen-bond donors (Lipinski definition) is 4. The van der Waals surface area contributed by atoms with Gasteiger partial charge in [0.15, 0.2) is 0 Å². The Hall–Kier alpha value is -4.42. The van der Waals surface area contributed by atoms with Crippen LogP contribution in [0.2, 0.25) is 0 Å². The average molecular weight is 717 g/mol. The number of anilines is 1. The zero-order valence-electron chi connectivity index (χ0n) is 29.5. The number of carbonyl (C=O) groups excluding carboxylic acids is 4. The van der Waals surface area contributed by atoms with Crippen LogP contribution in [0.1, 0.15) is 102 Å². The summed E-state index contributed by atoms with van der Waals surface area (Å²) in [4.78, 5) is 54.2. The number of nitrogens with zero attached hydrogens (tertiary/aromatic N) is 1. The largest absolute Gasteiger partial charge is 0.425 e. The van der Waals surface area contributed by atoms with Crippen molar-refractivity contribution in [1.82, 2.24) is 15.5 Å². The van der Waals surface area contributed by atoms with Crippen molar-refractivity contribution < 1.29 is 33.8 Å². The van der Waals surface area contributed by atoms with Crippen molar-refractivity contribution in [3.05, 3.63) is 76.2 Å². The van der Waals surface area contributed by atoms with Crippen molar-refractivity contribution in [2.45, 2.75) is 96.1 Å². The third-order valence-corrected chi connectivity index (χ3v) is 11.3. The van der Waals surface area contributed by atoms with Crippen molar-refractivity contribution in [1.29, 1.82) is 0 Å². The fraction of sp³-hybridized carbons (Fsp3) is 0.487. The summed E-state index contributed by atoms with van der Waals surface area (Å²) in [5.41, 5.74) is 3.26. The van der Waals surface area contributed by atoms with Gasteiger partial charge in [0, 0.05) is 42.7 Å². The molecule has 3 aromatic rings. The maximum atomic E-state index is 13.5. The third-order valence-electron chi connectivity index (χ3n) is 10.2. The second-order valence-corrected chi connectivity index (χ2v) is 15.3. The molecule has 6 rings (SSSR count). The first kappa shape index (κ1) is 36.4. The van der Waals surface area contributed by atoms with Crippen molar-refractivity contribution in [2.24, 2.45) is 5.92 Å². The molecule has 2 heterocycles. The number of amides is 3. The zero-order valence-corrected chi connectivity index (χ0v) is 30.4. The van der Waals surface area contributed by atoms with Gasteiger partial charge in [0.1, 0.15) is 0 Å². The fourth-order valence-electron chi connectivity index (χ4n) is 6.78. The summed E-state index contributed by atoms with van der Waals surface area (Å²) >= 11 is 1.39. The quantitative estimate of drug-likeness (QED) is 0.122. The molecule has 1 saturated heterocycles. The fourth-order valence-corrected chi connectivity index (χ4v) is 7.70. The highest BCUT2D eigenvalue weighted by Gasteiger charge is 2.35. The SMILES string of the molecule is Cc1ccc(NC2CN(C(=O)OC(C)OC(=O)C3CCCCC3)C2)cc1C(=O)NC(C)c1cccc(-c2ccc(C(=O)NCC3(O)CCC3)s2)c1. The van der Waals surface area contributed by atoms with Crippen LogP contribution in [0.15, 0.2) is 54.6 Å². The van der Waals surface area contributed by atoms with Crippen LogP contribution in [0.25, 0.3) is 10.4 Å². The van der Waals surface area contributed by atoms with E-state index in [0.717, 1.165) is 65.8 Å². The summed E-state index contributed by atoms with van der Waals surface area (Å²) in [5, 5.41) is 19.7. The maximum absolute atomic E-state index is 13.5. The van der Waals surface area contributed by atoms with Crippen molar-refractivity contribution in [3.63, 3.8) is 0 Å². The smallest absolute Gasteiger partial charge is 0.412 e. The molecule has 2 aliphatic carbocycles. The summed E-state index contributed by atoms with van der Waals surface area (Å²) in [7, 11) is 0. The average Bonchev–Trinajstić information content (AvgIpc) is 3.59. The number of carbonyl (C=O) groups is 4. The lowest BCUT2D eigenvalue weighted by atomic mass is 9.80. The summed E-state index contributed by atoms with van der Waals surface area (Å²) in [6.07, 6.45) is 5.77. The molecule has 0 spiro atoms. The Morgan fingerprint density at radius 3 is 2.43 bits per heavy atom. The molecule has 2 saturated carbocycles. The van der Waals surface area contributed by atoms with Gasteiger partial charge in [-0.15, -0.1) is 11.3 Å². The molecule has 1 aliphatic heterocycles. The zero-order chi connectivity index (χ0) is 36.1. The van der Waals surface area contributed by atoms with Gasteiger partial charge in [0.2, 0.25) is 6.29 Å². The maximum Gasteiger partial charge on any atom is 0.412 e. The molecule has 2 unspecified atom stereocenters. The summed E-state index contributed by atoms with van der Waals surface area (Å²) in [5.74, 6) is -0.796. The number of aliphatic hydroxyl groups is 1. The number of nitrogens with one attached hydrogen (secondary N) is 3. The number of thiophene rings is 1. The number of benzene rings is 2. The van der Waals surface area contributed by atoms with E-state index in [2.05, 4.69) is 16.0 Å². The van der Waals surface area contributed by atoms with Crippen LogP contribution in [-0.4, -0.2) is 71.5 Å². The number of likely N-dealkylation sites (tertiary alicyclic amines) is 1. The van der Waals surface area contributed by atoms with E-state index >= 15 is 0 Å². The summed E-state index contributed by atoms with van der Waals surface area (Å²) in [6.45, 7) is 6.50. The van der Waals surface area contributed by atoms with Crippen LogP contribution >= 0.6 is 11.3 Å². The van der Waals surface area contributed by atoms with Crippen molar-refractivity contribution in [2.75, 3.05) is 25.0 Å². The standard InChI is InChI=1S/C39H48N4O7S/c1-24-13-14-30(42-31-21-43(22-31)38(47)50-26(3)49-37(46)27-9-5-4-6-10-27)20-32(24)35(44)41-25(2)28-11-7-12-29(19-28)33-15-16-34(51-33)36(45)40-23-39(48)17-8-18-39/h7,11-16,19-20,25-27,31,42,48H,4-6,8-10,17-18,21-23H2,1-3H3,(H,40,45)(H,41,44). The van der Waals surface area contributed by atoms with Crippen molar-refractivity contribution in [3.8, 4) is 10.4 Å². The molecule has 3 aliphatic rings. The second-order valence-electron chi connectivity index (χ2n) is 14.2. The van der Waals surface area contributed by atoms with Crippen LogP contribution in [0.3, 0.4) is 0 Å². The van der Waals surface area contributed by atoms with E-state index in [0.29, 0.717) is 36.4 Å². The molecule has 0 radical (unpaired) electrons. The van der Waals surface area contributed by atoms with Gasteiger partial charge < -0.3 is 35.4 Å². The molecule has 4 N–H and O–H groups in total. The van der Waals surface area contributed by atoms with E-state index in [1.54, 1.807) is 17.9 Å². The summed E-state index contributed by atoms with van der Waals surface area (Å²) in [6, 6.07) is 17.0. The topological polar surface area (TPSA) is 146 Å². The minimum Gasteiger partial charge on any atom is -0.425 e. The molecule has 0 bridgehead atoms. The first-order valence-corrected chi connectivity index (χ1v) is 18.8. The Bertz CT molecular complexity index is 1740. The molecule has 1 aromatic heterocycles. The number of aryl methyl sites for hydroxylation is 1. The highest BCUT2D eigenvalue weighted by molar-refractivity contribution is 7.17. The number of hydrogen-bond acceptors (Lipinski definition) is 9. The first-order valence-electron chi connectivity index (χ1n) is 18.0. The Labute approximate surface area is 303 Å². The van der Waals surface area contributed by atoms with E-state index in [1.165, 1.54) is 11.3 Å². The van der Waals surface area contributed by atoms with E-state index < -0.39 is 18.0 Å². The molecule has 272 valence electrons. The van der Waals surface area contributed by atoms with E-state index in [-0.39, 0.29) is 42.3 Å². The predicted molar refractivity (Wildman–Crippen MR) is 196 cm³/mol. The van der Waals surface area contributed by atoms with Crippen LogP contribution in [0.4, 0.5) is 10.5 Å². The van der Waals surface area contributed by atoms with Crippen LogP contribution in [0.5, 0.6) is 0 Å². The van der Waals surface area contributed by atoms with E-state index in [4.69, 9.17) is 9.47 Å². The van der Waals surface area contributed by atoms with Gasteiger partial charge >= 0.3 is 12.1 Å². The van der Waals surface area contributed by atoms with Gasteiger partial charge in [0.05, 0.1) is 28.5 Å². The third kappa shape index (κ3) is 9.09. The molecule has 11 nitrogen and oxygen atoms in total. The molecular formula is C39H48N4O7S. The minimum absolute atomic E-state index is 0.0177. The van der Waals surface area contributed by atoms with Gasteiger partial charge in [-0.2, -0.15) is 0 Å². The van der Waals surface area contributed by atoms with Crippen LogP contribution < -0.4 is 16.0 Å². The monoisotopic (exact) mass is 716 g/mol. The normalized spacial score (nSPS) is 18.4.